The maximum atomic E-state index is 5.15. The van der Waals surface area contributed by atoms with Gasteiger partial charge in [0.25, 0.3) is 0 Å². The highest BCUT2D eigenvalue weighted by Crippen LogP contribution is 2.44. The molecule has 0 aliphatic heterocycles. The predicted octanol–water partition coefficient (Wildman–Crippen LogP) is 11.9. The molecule has 0 saturated heterocycles. The van der Waals surface area contributed by atoms with E-state index < -0.39 is 0 Å². The molecule has 0 radical (unpaired) electrons. The number of benzene rings is 6. The first kappa shape index (κ1) is 29.2. The highest BCUT2D eigenvalue weighted by atomic mass is 32.1. The second-order valence-corrected chi connectivity index (χ2v) is 13.5. The van der Waals surface area contributed by atoms with Gasteiger partial charge in [-0.1, -0.05) is 152 Å². The number of aromatic nitrogens is 3. The summed E-state index contributed by atoms with van der Waals surface area (Å²) in [6.45, 7) is 0. The van der Waals surface area contributed by atoms with Crippen LogP contribution in [-0.2, 0) is 0 Å². The SMILES string of the molecule is C1=C(c2ccc(-c3ccccc3)cc2)C=C(c2nc(-c3ccccc3)nc(-c3ccccc3)n2)CC1c1cccc2sc3ccccc3c12. The Morgan fingerprint density at radius 1 is 0.449 bits per heavy atom. The second-order valence-electron chi connectivity index (χ2n) is 12.4. The fourth-order valence-corrected chi connectivity index (χ4v) is 8.03. The molecule has 8 aromatic rings. The lowest BCUT2D eigenvalue weighted by atomic mass is 9.81. The van der Waals surface area contributed by atoms with Crippen molar-refractivity contribution >= 4 is 42.7 Å². The number of allylic oxidation sites excluding steroid dienone is 4. The van der Waals surface area contributed by atoms with Gasteiger partial charge in [0.1, 0.15) is 0 Å². The first-order valence-corrected chi connectivity index (χ1v) is 17.4. The molecule has 3 nitrogen and oxygen atoms in total. The van der Waals surface area contributed by atoms with Gasteiger partial charge in [0.2, 0.25) is 0 Å². The minimum absolute atomic E-state index is 0.127. The number of rotatable bonds is 6. The van der Waals surface area contributed by atoms with Crippen LogP contribution in [0.25, 0.3) is 65.2 Å². The molecule has 49 heavy (non-hydrogen) atoms. The predicted molar refractivity (Wildman–Crippen MR) is 205 cm³/mol. The molecule has 232 valence electrons. The summed E-state index contributed by atoms with van der Waals surface area (Å²) in [7, 11) is 0. The highest BCUT2D eigenvalue weighted by molar-refractivity contribution is 7.25. The van der Waals surface area contributed by atoms with Crippen molar-refractivity contribution in [3.63, 3.8) is 0 Å². The van der Waals surface area contributed by atoms with Crippen molar-refractivity contribution in [2.75, 3.05) is 0 Å². The number of thiophene rings is 1. The third-order valence-corrected chi connectivity index (χ3v) is 10.4. The standard InChI is InChI=1S/C45H31N3S/c1-4-13-30(14-5-1)31-23-25-32(26-24-31)35-27-36(38-20-12-22-41-42(38)39-19-10-11-21-40(39)49-41)29-37(28-35)45-47-43(33-15-6-2-7-16-33)46-44(48-45)34-17-8-3-9-18-34/h1-28,36H,29H2. The van der Waals surface area contributed by atoms with Gasteiger partial charge < -0.3 is 0 Å². The summed E-state index contributed by atoms with van der Waals surface area (Å²) in [5, 5.41) is 2.66. The van der Waals surface area contributed by atoms with Crippen LogP contribution in [0, 0.1) is 0 Å². The third kappa shape index (κ3) is 5.67. The molecule has 9 rings (SSSR count). The van der Waals surface area contributed by atoms with Crippen LogP contribution in [0.15, 0.2) is 170 Å². The van der Waals surface area contributed by atoms with Crippen molar-refractivity contribution < 1.29 is 0 Å². The zero-order valence-electron chi connectivity index (χ0n) is 26.7. The Kier molecular flexibility index (Phi) is 7.49. The molecule has 1 aliphatic carbocycles. The van der Waals surface area contributed by atoms with Crippen molar-refractivity contribution in [2.24, 2.45) is 0 Å². The van der Waals surface area contributed by atoms with Gasteiger partial charge in [0, 0.05) is 37.2 Å². The Morgan fingerprint density at radius 3 is 1.65 bits per heavy atom. The summed E-state index contributed by atoms with van der Waals surface area (Å²) in [5.74, 6) is 2.20. The molecule has 4 heteroatoms. The maximum Gasteiger partial charge on any atom is 0.164 e. The van der Waals surface area contributed by atoms with Gasteiger partial charge in [-0.2, -0.15) is 0 Å². The molecule has 0 bridgehead atoms. The Morgan fingerprint density at radius 2 is 0.980 bits per heavy atom. The van der Waals surface area contributed by atoms with Crippen molar-refractivity contribution in [3.05, 3.63) is 187 Å². The summed E-state index contributed by atoms with van der Waals surface area (Å²) in [6, 6.07) is 55.4. The minimum Gasteiger partial charge on any atom is -0.209 e. The summed E-state index contributed by atoms with van der Waals surface area (Å²) in [4.78, 5) is 15.3. The van der Waals surface area contributed by atoms with Crippen molar-refractivity contribution in [1.29, 1.82) is 0 Å². The van der Waals surface area contributed by atoms with E-state index in [4.69, 9.17) is 15.0 Å². The van der Waals surface area contributed by atoms with Crippen LogP contribution in [-0.4, -0.2) is 15.0 Å². The van der Waals surface area contributed by atoms with E-state index in [0.29, 0.717) is 17.5 Å². The monoisotopic (exact) mass is 645 g/mol. The highest BCUT2D eigenvalue weighted by Gasteiger charge is 2.25. The third-order valence-electron chi connectivity index (χ3n) is 9.30. The average Bonchev–Trinajstić information content (AvgIpc) is 3.58. The number of nitrogens with zero attached hydrogens (tertiary/aromatic N) is 3. The van der Waals surface area contributed by atoms with E-state index in [-0.39, 0.29) is 5.92 Å². The van der Waals surface area contributed by atoms with Gasteiger partial charge in [-0.05, 0) is 58.0 Å². The summed E-state index contributed by atoms with van der Waals surface area (Å²) >= 11 is 1.86. The molecule has 6 aromatic carbocycles. The smallest absolute Gasteiger partial charge is 0.164 e. The van der Waals surface area contributed by atoms with Crippen LogP contribution in [0.2, 0.25) is 0 Å². The van der Waals surface area contributed by atoms with Gasteiger partial charge in [-0.15, -0.1) is 11.3 Å². The normalized spacial score (nSPS) is 14.5. The zero-order chi connectivity index (χ0) is 32.6. The van der Waals surface area contributed by atoms with E-state index in [1.54, 1.807) is 0 Å². The van der Waals surface area contributed by atoms with E-state index in [1.165, 1.54) is 48.0 Å². The average molecular weight is 646 g/mol. The van der Waals surface area contributed by atoms with Crippen molar-refractivity contribution in [1.82, 2.24) is 15.0 Å². The van der Waals surface area contributed by atoms with Gasteiger partial charge in [0.15, 0.2) is 17.5 Å². The Labute approximate surface area is 289 Å². The van der Waals surface area contributed by atoms with E-state index in [9.17, 15) is 0 Å². The topological polar surface area (TPSA) is 38.7 Å². The molecule has 2 heterocycles. The molecule has 0 spiro atoms. The molecule has 2 aromatic heterocycles. The van der Waals surface area contributed by atoms with Crippen LogP contribution in [0.4, 0.5) is 0 Å². The van der Waals surface area contributed by atoms with Gasteiger partial charge in [-0.25, -0.2) is 15.0 Å². The van der Waals surface area contributed by atoms with Crippen LogP contribution < -0.4 is 0 Å². The quantitative estimate of drug-likeness (QED) is 0.181. The molecular formula is C45H31N3S. The lowest BCUT2D eigenvalue weighted by Crippen LogP contribution is -2.09. The molecule has 0 N–H and O–H groups in total. The molecule has 1 aliphatic rings. The van der Waals surface area contributed by atoms with Crippen LogP contribution in [0.1, 0.15) is 29.3 Å². The lowest BCUT2D eigenvalue weighted by Gasteiger charge is -2.23. The summed E-state index contributed by atoms with van der Waals surface area (Å²) in [5.41, 5.74) is 9.13. The fraction of sp³-hybridized carbons (Fsp3) is 0.0444. The minimum atomic E-state index is 0.127. The zero-order valence-corrected chi connectivity index (χ0v) is 27.5. The largest absolute Gasteiger partial charge is 0.209 e. The van der Waals surface area contributed by atoms with E-state index >= 15 is 0 Å². The molecule has 1 atom stereocenters. The number of fused-ring (bicyclic) bond motifs is 3. The first-order valence-electron chi connectivity index (χ1n) is 16.6. The van der Waals surface area contributed by atoms with Gasteiger partial charge in [0.05, 0.1) is 0 Å². The number of hydrogen-bond donors (Lipinski definition) is 0. The van der Waals surface area contributed by atoms with Crippen LogP contribution in [0.5, 0.6) is 0 Å². The van der Waals surface area contributed by atoms with Gasteiger partial charge in [-0.3, -0.25) is 0 Å². The molecule has 0 amide bonds. The Hall–Kier alpha value is -5.97. The van der Waals surface area contributed by atoms with E-state index in [2.05, 4.69) is 133 Å². The van der Waals surface area contributed by atoms with Crippen LogP contribution >= 0.6 is 11.3 Å². The molecule has 0 saturated carbocycles. The maximum absolute atomic E-state index is 5.15. The molecule has 0 fully saturated rings. The lowest BCUT2D eigenvalue weighted by molar-refractivity contribution is 0.864. The van der Waals surface area contributed by atoms with Crippen LogP contribution in [0.3, 0.4) is 0 Å². The summed E-state index contributed by atoms with van der Waals surface area (Å²) in [6.07, 6.45) is 5.51. The first-order chi connectivity index (χ1) is 24.3. The summed E-state index contributed by atoms with van der Waals surface area (Å²) < 4.78 is 2.63. The Bertz CT molecular complexity index is 2440. The van der Waals surface area contributed by atoms with Gasteiger partial charge >= 0.3 is 0 Å². The van der Waals surface area contributed by atoms with E-state index in [1.807, 2.05) is 47.7 Å². The number of hydrogen-bond acceptors (Lipinski definition) is 4. The molecular weight excluding hydrogens is 615 g/mol. The van der Waals surface area contributed by atoms with E-state index in [0.717, 1.165) is 23.1 Å². The fourth-order valence-electron chi connectivity index (χ4n) is 6.89. The molecule has 1 unspecified atom stereocenters. The second kappa shape index (κ2) is 12.6. The van der Waals surface area contributed by atoms with Crippen molar-refractivity contribution in [2.45, 2.75) is 12.3 Å². The van der Waals surface area contributed by atoms with Crippen molar-refractivity contribution in [3.8, 4) is 33.9 Å². The Balaban J connectivity index is 1.22.